The van der Waals surface area contributed by atoms with E-state index in [1.165, 1.54) is 302 Å². The van der Waals surface area contributed by atoms with Crippen molar-refractivity contribution in [3.05, 3.63) is 12.2 Å². The minimum atomic E-state index is -0.769. The summed E-state index contributed by atoms with van der Waals surface area (Å²) in [5.41, 5.74) is 0. The third-order valence-corrected chi connectivity index (χ3v) is 16.3. The first-order valence-corrected chi connectivity index (χ1v) is 35.2. The molecule has 0 spiro atoms. The lowest BCUT2D eigenvalue weighted by Gasteiger charge is -2.18. The van der Waals surface area contributed by atoms with Crippen LogP contribution in [0.4, 0.5) is 0 Å². The molecule has 0 N–H and O–H groups in total. The van der Waals surface area contributed by atoms with Crippen molar-refractivity contribution in [3.8, 4) is 0 Å². The lowest BCUT2D eigenvalue weighted by Crippen LogP contribution is -2.30. The molecule has 456 valence electrons. The lowest BCUT2D eigenvalue weighted by molar-refractivity contribution is -0.167. The second-order valence-electron chi connectivity index (χ2n) is 24.2. The van der Waals surface area contributed by atoms with Gasteiger partial charge in [0.1, 0.15) is 13.2 Å². The molecule has 0 amide bonds. The molecule has 0 aromatic carbocycles. The molecule has 0 aliphatic rings. The summed E-state index contributed by atoms with van der Waals surface area (Å²) in [6.07, 6.45) is 79.6. The standard InChI is InChI=1S/C71H136O6/c1-4-7-10-13-16-19-22-25-28-30-32-34-35-36-37-38-40-41-43-46-49-52-55-58-61-64-70(73)76-67-68(66-75-69(72)63-60-57-54-51-48-45-27-24-21-18-15-12-9-6-3)77-71(74)65-62-59-56-53-50-47-44-42-39-33-31-29-26-23-20-17-14-11-8-5-2/h24,27,68H,4-23,25-26,28-67H2,1-3H3/b27-24-. The van der Waals surface area contributed by atoms with Gasteiger partial charge in [0.2, 0.25) is 0 Å². The molecule has 0 saturated heterocycles. The van der Waals surface area contributed by atoms with Gasteiger partial charge in [0, 0.05) is 19.3 Å². The molecule has 0 radical (unpaired) electrons. The number of carbonyl (C=O) groups is 3. The molecule has 0 fully saturated rings. The Morgan fingerprint density at radius 3 is 0.649 bits per heavy atom. The quantitative estimate of drug-likeness (QED) is 0.0261. The normalized spacial score (nSPS) is 12.0. The van der Waals surface area contributed by atoms with Gasteiger partial charge in [0.05, 0.1) is 0 Å². The van der Waals surface area contributed by atoms with E-state index in [1.54, 1.807) is 0 Å². The summed E-state index contributed by atoms with van der Waals surface area (Å²) in [6.45, 7) is 6.72. The minimum Gasteiger partial charge on any atom is -0.462 e. The van der Waals surface area contributed by atoms with Crippen LogP contribution in [0.1, 0.15) is 406 Å². The number of rotatable bonds is 66. The molecular formula is C71H136O6. The topological polar surface area (TPSA) is 78.9 Å². The van der Waals surface area contributed by atoms with E-state index in [4.69, 9.17) is 14.2 Å². The Hall–Kier alpha value is -1.85. The van der Waals surface area contributed by atoms with Crippen molar-refractivity contribution in [1.29, 1.82) is 0 Å². The zero-order valence-corrected chi connectivity index (χ0v) is 52.5. The summed E-state index contributed by atoms with van der Waals surface area (Å²) < 4.78 is 17.0. The Balaban J connectivity index is 4.22. The Labute approximate surface area is 481 Å². The smallest absolute Gasteiger partial charge is 0.306 e. The van der Waals surface area contributed by atoms with Crippen molar-refractivity contribution in [1.82, 2.24) is 0 Å². The first-order valence-electron chi connectivity index (χ1n) is 35.2. The van der Waals surface area contributed by atoms with E-state index < -0.39 is 6.10 Å². The fourth-order valence-corrected chi connectivity index (χ4v) is 11.0. The van der Waals surface area contributed by atoms with Gasteiger partial charge >= 0.3 is 17.9 Å². The number of hydrogen-bond acceptors (Lipinski definition) is 6. The van der Waals surface area contributed by atoms with Crippen LogP contribution in [-0.2, 0) is 28.6 Å². The van der Waals surface area contributed by atoms with Crippen molar-refractivity contribution in [2.45, 2.75) is 412 Å². The van der Waals surface area contributed by atoms with E-state index in [-0.39, 0.29) is 31.1 Å². The van der Waals surface area contributed by atoms with E-state index in [0.29, 0.717) is 19.3 Å². The maximum atomic E-state index is 12.9. The predicted molar refractivity (Wildman–Crippen MR) is 335 cm³/mol. The Morgan fingerprint density at radius 2 is 0.429 bits per heavy atom. The lowest BCUT2D eigenvalue weighted by atomic mass is 10.0. The van der Waals surface area contributed by atoms with Crippen LogP contribution >= 0.6 is 0 Å². The zero-order chi connectivity index (χ0) is 55.7. The van der Waals surface area contributed by atoms with Crippen LogP contribution in [-0.4, -0.2) is 37.2 Å². The highest BCUT2D eigenvalue weighted by atomic mass is 16.6. The van der Waals surface area contributed by atoms with Gasteiger partial charge < -0.3 is 14.2 Å². The van der Waals surface area contributed by atoms with Crippen molar-refractivity contribution >= 4 is 17.9 Å². The van der Waals surface area contributed by atoms with Gasteiger partial charge in [-0.3, -0.25) is 14.4 Å². The fraction of sp³-hybridized carbons (Fsp3) is 0.930. The molecule has 0 saturated carbocycles. The first-order chi connectivity index (χ1) is 38.0. The fourth-order valence-electron chi connectivity index (χ4n) is 11.0. The number of carbonyl (C=O) groups excluding carboxylic acids is 3. The van der Waals surface area contributed by atoms with E-state index in [0.717, 1.165) is 64.2 Å². The summed E-state index contributed by atoms with van der Waals surface area (Å²) in [7, 11) is 0. The van der Waals surface area contributed by atoms with Crippen LogP contribution in [0.5, 0.6) is 0 Å². The van der Waals surface area contributed by atoms with E-state index in [9.17, 15) is 14.4 Å². The highest BCUT2D eigenvalue weighted by Crippen LogP contribution is 2.19. The van der Waals surface area contributed by atoms with Gasteiger partial charge in [-0.25, -0.2) is 0 Å². The molecule has 6 nitrogen and oxygen atoms in total. The van der Waals surface area contributed by atoms with Crippen molar-refractivity contribution in [3.63, 3.8) is 0 Å². The summed E-state index contributed by atoms with van der Waals surface area (Å²) in [5, 5.41) is 0. The van der Waals surface area contributed by atoms with Gasteiger partial charge in [-0.05, 0) is 44.9 Å². The van der Waals surface area contributed by atoms with Crippen LogP contribution in [0.25, 0.3) is 0 Å². The molecule has 6 heteroatoms. The molecule has 1 unspecified atom stereocenters. The predicted octanol–water partition coefficient (Wildman–Crippen LogP) is 24.0. The highest BCUT2D eigenvalue weighted by molar-refractivity contribution is 5.71. The largest absolute Gasteiger partial charge is 0.462 e. The monoisotopic (exact) mass is 1090 g/mol. The minimum absolute atomic E-state index is 0.0656. The molecule has 1 atom stereocenters. The second-order valence-corrected chi connectivity index (χ2v) is 24.2. The van der Waals surface area contributed by atoms with Crippen LogP contribution in [0.3, 0.4) is 0 Å². The van der Waals surface area contributed by atoms with Crippen molar-refractivity contribution < 1.29 is 28.6 Å². The number of ether oxygens (including phenoxy) is 3. The van der Waals surface area contributed by atoms with Gasteiger partial charge in [0.15, 0.2) is 6.10 Å². The third kappa shape index (κ3) is 64.9. The molecule has 77 heavy (non-hydrogen) atoms. The molecule has 0 aliphatic heterocycles. The Morgan fingerprint density at radius 1 is 0.247 bits per heavy atom. The highest BCUT2D eigenvalue weighted by Gasteiger charge is 2.19. The molecule has 0 heterocycles. The van der Waals surface area contributed by atoms with E-state index >= 15 is 0 Å². The SMILES string of the molecule is CCCCCCC/C=C\CCCCCCCC(=O)OCC(COC(=O)CCCCCCCCCCCCCCCCCCCCCCCCCCC)OC(=O)CCCCCCCCCCCCCCCCCCCCCC. The third-order valence-electron chi connectivity index (χ3n) is 16.3. The van der Waals surface area contributed by atoms with Crippen LogP contribution < -0.4 is 0 Å². The number of hydrogen-bond donors (Lipinski definition) is 0. The van der Waals surface area contributed by atoms with Crippen LogP contribution in [0.15, 0.2) is 12.2 Å². The van der Waals surface area contributed by atoms with Gasteiger partial charge in [-0.2, -0.15) is 0 Å². The number of esters is 3. The van der Waals surface area contributed by atoms with E-state index in [2.05, 4.69) is 32.9 Å². The molecule has 0 aliphatic carbocycles. The maximum absolute atomic E-state index is 12.9. The van der Waals surface area contributed by atoms with E-state index in [1.807, 2.05) is 0 Å². The maximum Gasteiger partial charge on any atom is 0.306 e. The summed E-state index contributed by atoms with van der Waals surface area (Å²) >= 11 is 0. The zero-order valence-electron chi connectivity index (χ0n) is 52.5. The Kier molecular flexibility index (Phi) is 65.1. The first kappa shape index (κ1) is 75.2. The summed E-state index contributed by atoms with van der Waals surface area (Å²) in [4.78, 5) is 38.4. The Bertz CT molecular complexity index is 1200. The van der Waals surface area contributed by atoms with Gasteiger partial charge in [0.25, 0.3) is 0 Å². The average Bonchev–Trinajstić information content (AvgIpc) is 3.43. The van der Waals surface area contributed by atoms with Crippen LogP contribution in [0.2, 0.25) is 0 Å². The van der Waals surface area contributed by atoms with Crippen LogP contribution in [0, 0.1) is 0 Å². The number of allylic oxidation sites excluding steroid dienone is 2. The molecule has 0 rings (SSSR count). The molecule has 0 aromatic heterocycles. The van der Waals surface area contributed by atoms with Crippen molar-refractivity contribution in [2.75, 3.05) is 13.2 Å². The van der Waals surface area contributed by atoms with Gasteiger partial charge in [-0.1, -0.05) is 354 Å². The average molecular weight is 1090 g/mol. The molecule has 0 aromatic rings. The number of unbranched alkanes of at least 4 members (excludes halogenated alkanes) is 53. The second kappa shape index (κ2) is 66.7. The molecule has 0 bridgehead atoms. The summed E-state index contributed by atoms with van der Waals surface area (Å²) in [5.74, 6) is -0.839. The molecular weight excluding hydrogens is 949 g/mol. The summed E-state index contributed by atoms with van der Waals surface area (Å²) in [6, 6.07) is 0. The van der Waals surface area contributed by atoms with Gasteiger partial charge in [-0.15, -0.1) is 0 Å². The van der Waals surface area contributed by atoms with Crippen molar-refractivity contribution in [2.24, 2.45) is 0 Å².